The minimum atomic E-state index is -1.16. The van der Waals surface area contributed by atoms with Gasteiger partial charge in [0.15, 0.2) is 4.34 Å². The van der Waals surface area contributed by atoms with Gasteiger partial charge in [-0.3, -0.25) is 14.5 Å². The molecule has 0 unspecified atom stereocenters. The van der Waals surface area contributed by atoms with Crippen molar-refractivity contribution >= 4 is 52.6 Å². The van der Waals surface area contributed by atoms with E-state index >= 15 is 0 Å². The predicted molar refractivity (Wildman–Crippen MR) is 98.1 cm³/mol. The van der Waals surface area contributed by atoms with Gasteiger partial charge in [0.1, 0.15) is 35.5 Å². The Hall–Kier alpha value is -2.52. The first kappa shape index (κ1) is 18.8. The molecule has 2 aromatic heterocycles. The molecule has 2 N–H and O–H groups in total. The number of carbonyl (C=O) groups is 3. The van der Waals surface area contributed by atoms with Crippen LogP contribution in [0.5, 0.6) is 0 Å². The van der Waals surface area contributed by atoms with Crippen molar-refractivity contribution in [2.75, 3.05) is 11.5 Å². The summed E-state index contributed by atoms with van der Waals surface area (Å²) in [5.41, 5.74) is 2.22. The molecule has 1 fully saturated rings. The molecular formula is C13H12N8O4S3. The number of hydrogen-bond acceptors (Lipinski definition) is 11. The second kappa shape index (κ2) is 7.84. The molecule has 2 atom stereocenters. The molecule has 28 heavy (non-hydrogen) atoms. The van der Waals surface area contributed by atoms with Gasteiger partial charge in [-0.05, 0) is 16.0 Å². The Balaban J connectivity index is 1.44. The van der Waals surface area contributed by atoms with Crippen LogP contribution >= 0.6 is 34.9 Å². The van der Waals surface area contributed by atoms with E-state index in [1.165, 1.54) is 50.8 Å². The van der Waals surface area contributed by atoms with Gasteiger partial charge in [-0.2, -0.15) is 0 Å². The Kier molecular flexibility index (Phi) is 5.27. The molecule has 0 radical (unpaired) electrons. The molecule has 2 aliphatic heterocycles. The maximum atomic E-state index is 12.6. The van der Waals surface area contributed by atoms with Crippen LogP contribution in [0.3, 0.4) is 0 Å². The number of fused-ring (bicyclic) bond motifs is 1. The predicted octanol–water partition coefficient (Wildman–Crippen LogP) is -0.944. The molecule has 2 amide bonds. The zero-order valence-electron chi connectivity index (χ0n) is 14.0. The number of hydrogen-bond donors (Lipinski definition) is 2. The standard InChI is InChI=1S/C13H12N8O4S3/c22-7(1-20-4-14-18-19-20)16-8-10(23)21-9(12(24)25)6(2-26-11(8)21)3-27-13-17-15-5-28-13/h4-5,8,11H,1-3H2,(H,16,22)(H,24,25)/t8-,11+/m0/s1. The van der Waals surface area contributed by atoms with E-state index in [0.29, 0.717) is 17.1 Å². The maximum Gasteiger partial charge on any atom is 0.352 e. The Labute approximate surface area is 169 Å². The normalized spacial score (nSPS) is 21.3. The fourth-order valence-corrected chi connectivity index (χ4v) is 5.76. The van der Waals surface area contributed by atoms with E-state index in [9.17, 15) is 19.5 Å². The van der Waals surface area contributed by atoms with Crippen LogP contribution in [0.4, 0.5) is 0 Å². The number of amides is 2. The summed E-state index contributed by atoms with van der Waals surface area (Å²) in [6.07, 6.45) is 1.29. The molecule has 4 heterocycles. The summed E-state index contributed by atoms with van der Waals surface area (Å²) in [6, 6.07) is -0.777. The Morgan fingerprint density at radius 2 is 2.25 bits per heavy atom. The zero-order valence-corrected chi connectivity index (χ0v) is 16.4. The van der Waals surface area contributed by atoms with Gasteiger partial charge in [0, 0.05) is 11.5 Å². The van der Waals surface area contributed by atoms with Crippen molar-refractivity contribution in [3.05, 3.63) is 23.1 Å². The average molecular weight is 440 g/mol. The first-order valence-electron chi connectivity index (χ1n) is 7.83. The molecule has 0 saturated carbocycles. The summed E-state index contributed by atoms with van der Waals surface area (Å²) in [7, 11) is 0. The third-order valence-corrected chi connectivity index (χ3v) is 7.26. The van der Waals surface area contributed by atoms with Gasteiger partial charge in [-0.1, -0.05) is 23.1 Å². The molecule has 0 aliphatic carbocycles. The van der Waals surface area contributed by atoms with E-state index in [4.69, 9.17) is 0 Å². The molecule has 12 nitrogen and oxygen atoms in total. The van der Waals surface area contributed by atoms with Gasteiger partial charge in [0.2, 0.25) is 5.91 Å². The van der Waals surface area contributed by atoms with Crippen LogP contribution in [0.15, 0.2) is 27.4 Å². The monoisotopic (exact) mass is 440 g/mol. The second-order valence-corrected chi connectivity index (χ2v) is 8.87. The summed E-state index contributed by atoms with van der Waals surface area (Å²) in [5, 5.41) is 29.9. The number of nitrogens with one attached hydrogen (secondary N) is 1. The Bertz CT molecular complexity index is 932. The molecule has 0 bridgehead atoms. The highest BCUT2D eigenvalue weighted by Crippen LogP contribution is 2.41. The lowest BCUT2D eigenvalue weighted by Crippen LogP contribution is -2.70. The molecular weight excluding hydrogens is 428 g/mol. The number of tetrazole rings is 1. The molecule has 15 heteroatoms. The van der Waals surface area contributed by atoms with Crippen molar-refractivity contribution in [1.82, 2.24) is 40.6 Å². The average Bonchev–Trinajstić information content (AvgIpc) is 3.37. The maximum absolute atomic E-state index is 12.6. The van der Waals surface area contributed by atoms with Gasteiger partial charge < -0.3 is 10.4 Å². The van der Waals surface area contributed by atoms with E-state index in [2.05, 4.69) is 31.0 Å². The third-order valence-electron chi connectivity index (χ3n) is 3.97. The van der Waals surface area contributed by atoms with Crippen LogP contribution in [0.1, 0.15) is 0 Å². The topological polar surface area (TPSA) is 156 Å². The van der Waals surface area contributed by atoms with Crippen LogP contribution in [0.2, 0.25) is 0 Å². The highest BCUT2D eigenvalue weighted by Gasteiger charge is 2.54. The Morgan fingerprint density at radius 3 is 2.93 bits per heavy atom. The number of rotatable bonds is 7. The Morgan fingerprint density at radius 1 is 1.39 bits per heavy atom. The SMILES string of the molecule is O=C(Cn1cnnn1)N[C@H]1C(=O)N2C(C(=O)O)=C(CSc3nncs3)CS[C@H]12. The number of β-lactam (4-membered cyclic amide) rings is 1. The highest BCUT2D eigenvalue weighted by molar-refractivity contribution is 8.01. The fourth-order valence-electron chi connectivity index (χ4n) is 2.79. The fraction of sp³-hybridized carbons (Fsp3) is 0.385. The zero-order chi connectivity index (χ0) is 19.7. The number of carboxylic acids is 1. The van der Waals surface area contributed by atoms with Crippen molar-refractivity contribution in [2.45, 2.75) is 22.3 Å². The largest absolute Gasteiger partial charge is 0.477 e. The van der Waals surface area contributed by atoms with E-state index < -0.39 is 29.2 Å². The van der Waals surface area contributed by atoms with Crippen LogP contribution in [0, 0.1) is 0 Å². The quantitative estimate of drug-likeness (QED) is 0.404. The van der Waals surface area contributed by atoms with Gasteiger partial charge in [-0.25, -0.2) is 9.48 Å². The number of thioether (sulfide) groups is 2. The molecule has 146 valence electrons. The van der Waals surface area contributed by atoms with Crippen molar-refractivity contribution in [2.24, 2.45) is 0 Å². The summed E-state index contributed by atoms with van der Waals surface area (Å²) in [5.74, 6) is -1.19. The number of carboxylic acid groups (broad SMARTS) is 1. The van der Waals surface area contributed by atoms with Gasteiger partial charge in [-0.15, -0.1) is 27.1 Å². The smallest absolute Gasteiger partial charge is 0.352 e. The van der Waals surface area contributed by atoms with E-state index in [-0.39, 0.29) is 12.2 Å². The summed E-state index contributed by atoms with van der Waals surface area (Å²) < 4.78 is 1.96. The molecule has 0 aromatic carbocycles. The van der Waals surface area contributed by atoms with Crippen molar-refractivity contribution in [1.29, 1.82) is 0 Å². The highest BCUT2D eigenvalue weighted by atomic mass is 32.2. The van der Waals surface area contributed by atoms with Crippen molar-refractivity contribution in [3.8, 4) is 0 Å². The summed E-state index contributed by atoms with van der Waals surface area (Å²) in [4.78, 5) is 37.7. The number of carbonyl (C=O) groups excluding carboxylic acids is 2. The molecule has 2 aliphatic rings. The molecule has 4 rings (SSSR count). The van der Waals surface area contributed by atoms with E-state index in [1.54, 1.807) is 5.51 Å². The van der Waals surface area contributed by atoms with E-state index in [1.807, 2.05) is 0 Å². The van der Waals surface area contributed by atoms with E-state index in [0.717, 1.165) is 4.34 Å². The summed E-state index contributed by atoms with van der Waals surface area (Å²) >= 11 is 4.16. The second-order valence-electron chi connectivity index (χ2n) is 5.71. The lowest BCUT2D eigenvalue weighted by Gasteiger charge is -2.49. The lowest BCUT2D eigenvalue weighted by molar-refractivity contribution is -0.150. The minimum absolute atomic E-state index is 0.0169. The van der Waals surface area contributed by atoms with Crippen molar-refractivity contribution < 1.29 is 19.5 Å². The first-order valence-corrected chi connectivity index (χ1v) is 10.7. The number of aliphatic carboxylic acids is 1. The van der Waals surface area contributed by atoms with Gasteiger partial charge in [0.05, 0.1) is 0 Å². The van der Waals surface area contributed by atoms with Crippen molar-refractivity contribution in [3.63, 3.8) is 0 Å². The van der Waals surface area contributed by atoms with Crippen LogP contribution in [-0.4, -0.2) is 81.1 Å². The molecule has 2 aromatic rings. The third kappa shape index (κ3) is 3.59. The van der Waals surface area contributed by atoms with Gasteiger partial charge >= 0.3 is 5.97 Å². The summed E-state index contributed by atoms with van der Waals surface area (Å²) in [6.45, 7) is -0.125. The number of nitrogens with zero attached hydrogens (tertiary/aromatic N) is 7. The number of aromatic nitrogens is 6. The van der Waals surface area contributed by atoms with Crippen LogP contribution in [-0.2, 0) is 20.9 Å². The minimum Gasteiger partial charge on any atom is -0.477 e. The lowest BCUT2D eigenvalue weighted by atomic mass is 10.0. The molecule has 0 spiro atoms. The van der Waals surface area contributed by atoms with Gasteiger partial charge in [0.25, 0.3) is 5.91 Å². The van der Waals surface area contributed by atoms with Crippen LogP contribution in [0.25, 0.3) is 0 Å². The molecule has 1 saturated heterocycles. The van der Waals surface area contributed by atoms with Crippen LogP contribution < -0.4 is 5.32 Å². The first-order chi connectivity index (χ1) is 13.5.